The van der Waals surface area contributed by atoms with Crippen molar-refractivity contribution >= 4 is 11.9 Å². The Bertz CT molecular complexity index is 1210. The third-order valence-corrected chi connectivity index (χ3v) is 10.2. The van der Waals surface area contributed by atoms with Crippen molar-refractivity contribution in [3.05, 3.63) is 34.6 Å². The van der Waals surface area contributed by atoms with Crippen LogP contribution in [0.5, 0.6) is 11.5 Å². The number of hydrogen-bond donors (Lipinski definition) is 5. The second-order valence-electron chi connectivity index (χ2n) is 12.4. The van der Waals surface area contributed by atoms with Crippen molar-refractivity contribution in [1.29, 1.82) is 0 Å². The summed E-state index contributed by atoms with van der Waals surface area (Å²) in [6.07, 6.45) is 5.39. The van der Waals surface area contributed by atoms with E-state index in [-0.39, 0.29) is 28.9 Å². The topological polar surface area (TPSA) is 140 Å². The molecule has 1 aromatic rings. The Labute approximate surface area is 222 Å². The van der Waals surface area contributed by atoms with Crippen molar-refractivity contribution in [3.63, 3.8) is 0 Å². The number of likely N-dealkylation sites (tertiary alicyclic amines) is 1. The van der Waals surface area contributed by atoms with Gasteiger partial charge in [-0.25, -0.2) is 4.79 Å². The monoisotopic (exact) mass is 526 g/mol. The van der Waals surface area contributed by atoms with Gasteiger partial charge in [-0.2, -0.15) is 0 Å². The van der Waals surface area contributed by atoms with Crippen molar-refractivity contribution in [2.45, 2.75) is 100 Å². The van der Waals surface area contributed by atoms with Gasteiger partial charge in [0, 0.05) is 18.2 Å². The molecular formula is C29H38N2O7. The fourth-order valence-corrected chi connectivity index (χ4v) is 7.74. The van der Waals surface area contributed by atoms with Crippen molar-refractivity contribution < 1.29 is 34.8 Å². The Morgan fingerprint density at radius 1 is 1.13 bits per heavy atom. The smallest absolute Gasteiger partial charge is 0.329 e. The normalized spacial score (nSPS) is 34.1. The van der Waals surface area contributed by atoms with Crippen LogP contribution in [-0.2, 0) is 21.4 Å². The number of amides is 1. The second-order valence-corrected chi connectivity index (χ2v) is 12.4. The molecule has 2 saturated carbocycles. The maximum atomic E-state index is 13.4. The fraction of sp³-hybridized carbons (Fsp3) is 0.655. The van der Waals surface area contributed by atoms with Crippen LogP contribution in [0.15, 0.2) is 23.5 Å². The summed E-state index contributed by atoms with van der Waals surface area (Å²) in [5, 5.41) is 47.3. The molecule has 4 atom stereocenters. The van der Waals surface area contributed by atoms with Crippen molar-refractivity contribution in [3.8, 4) is 11.5 Å². The minimum Gasteiger partial charge on any atom is -0.508 e. The van der Waals surface area contributed by atoms with Crippen molar-refractivity contribution in [2.24, 2.45) is 5.92 Å². The molecule has 1 aromatic carbocycles. The van der Waals surface area contributed by atoms with E-state index in [2.05, 4.69) is 10.2 Å². The van der Waals surface area contributed by atoms with Crippen LogP contribution < -0.4 is 10.1 Å². The summed E-state index contributed by atoms with van der Waals surface area (Å²) in [5.74, 6) is -1.25. The number of carboxylic acids is 1. The molecule has 1 saturated heterocycles. The van der Waals surface area contributed by atoms with E-state index in [0.29, 0.717) is 56.6 Å². The maximum Gasteiger partial charge on any atom is 0.329 e. The number of aliphatic carboxylic acids is 1. The highest BCUT2D eigenvalue weighted by molar-refractivity contribution is 5.97. The second kappa shape index (κ2) is 8.61. The minimum absolute atomic E-state index is 0.0391. The minimum atomic E-state index is -1.37. The SMILES string of the molecule is C/C(C(=O)NC1(C(=O)O)CCCCC1)=C(/O)[C@@H]1Oc2c(O)ccc3c2[C@@]12CCN(CC1CC1)[C@H](C3)[C@@]2(C)O. The van der Waals surface area contributed by atoms with Gasteiger partial charge in [0.25, 0.3) is 5.91 Å². The Hall–Kier alpha value is -2.78. The van der Waals surface area contributed by atoms with Gasteiger partial charge in [0.15, 0.2) is 17.6 Å². The van der Waals surface area contributed by atoms with E-state index in [9.17, 15) is 30.0 Å². The van der Waals surface area contributed by atoms with Gasteiger partial charge in [0.2, 0.25) is 0 Å². The van der Waals surface area contributed by atoms with E-state index < -0.39 is 34.5 Å². The summed E-state index contributed by atoms with van der Waals surface area (Å²) >= 11 is 0. The van der Waals surface area contributed by atoms with E-state index in [1.165, 1.54) is 19.8 Å². The maximum absolute atomic E-state index is 13.4. The van der Waals surface area contributed by atoms with E-state index in [1.807, 2.05) is 6.07 Å². The molecule has 1 spiro atoms. The molecule has 5 N–H and O–H groups in total. The molecule has 0 aromatic heterocycles. The van der Waals surface area contributed by atoms with Crippen molar-refractivity contribution in [2.75, 3.05) is 13.1 Å². The van der Waals surface area contributed by atoms with Gasteiger partial charge in [-0.05, 0) is 76.5 Å². The van der Waals surface area contributed by atoms with Gasteiger partial charge >= 0.3 is 5.97 Å². The molecule has 3 aliphatic carbocycles. The number of aliphatic hydroxyl groups excluding tert-OH is 1. The first kappa shape index (κ1) is 25.5. The van der Waals surface area contributed by atoms with Crippen molar-refractivity contribution in [1.82, 2.24) is 10.2 Å². The highest BCUT2D eigenvalue weighted by Crippen LogP contribution is 2.63. The summed E-state index contributed by atoms with van der Waals surface area (Å²) in [4.78, 5) is 27.9. The van der Waals surface area contributed by atoms with Gasteiger partial charge in [-0.1, -0.05) is 25.3 Å². The number of aliphatic hydroxyl groups is 2. The molecule has 9 nitrogen and oxygen atoms in total. The average Bonchev–Trinajstić information content (AvgIpc) is 3.62. The molecule has 9 heteroatoms. The third kappa shape index (κ3) is 3.50. The van der Waals surface area contributed by atoms with Gasteiger partial charge in [0.1, 0.15) is 11.3 Å². The largest absolute Gasteiger partial charge is 0.508 e. The molecular weight excluding hydrogens is 488 g/mol. The lowest BCUT2D eigenvalue weighted by Crippen LogP contribution is -2.73. The predicted molar refractivity (Wildman–Crippen MR) is 138 cm³/mol. The molecule has 0 radical (unpaired) electrons. The molecule has 3 fully saturated rings. The lowest BCUT2D eigenvalue weighted by atomic mass is 9.53. The number of nitrogens with one attached hydrogen (secondary N) is 1. The number of carbonyl (C=O) groups is 2. The number of rotatable bonds is 6. The molecule has 0 unspecified atom stereocenters. The van der Waals surface area contributed by atoms with Gasteiger partial charge < -0.3 is 30.5 Å². The van der Waals surface area contributed by atoms with E-state index in [0.717, 1.165) is 18.5 Å². The summed E-state index contributed by atoms with van der Waals surface area (Å²) in [6, 6.07) is 3.26. The third-order valence-electron chi connectivity index (χ3n) is 10.2. The molecule has 2 bridgehead atoms. The van der Waals surface area contributed by atoms with Crippen LogP contribution in [0.3, 0.4) is 0 Å². The Morgan fingerprint density at radius 3 is 2.50 bits per heavy atom. The van der Waals surface area contributed by atoms with Crippen LogP contribution >= 0.6 is 0 Å². The molecule has 1 amide bonds. The predicted octanol–water partition coefficient (Wildman–Crippen LogP) is 2.92. The Kier molecular flexibility index (Phi) is 5.78. The number of ether oxygens (including phenoxy) is 1. The fourth-order valence-electron chi connectivity index (χ4n) is 7.74. The Morgan fingerprint density at radius 2 is 1.84 bits per heavy atom. The number of nitrogens with zero attached hydrogens (tertiary/aromatic N) is 1. The number of aromatic hydroxyl groups is 1. The first-order valence-corrected chi connectivity index (χ1v) is 14.0. The number of phenols is 1. The first-order chi connectivity index (χ1) is 18.0. The Balaban J connectivity index is 1.40. The van der Waals surface area contributed by atoms with Gasteiger partial charge in [-0.3, -0.25) is 9.69 Å². The summed E-state index contributed by atoms with van der Waals surface area (Å²) < 4.78 is 6.27. The number of phenolic OH excluding ortho intramolecular Hbond substituents is 1. The number of benzene rings is 1. The molecule has 5 aliphatic rings. The van der Waals surface area contributed by atoms with Crippen LogP contribution in [0.25, 0.3) is 0 Å². The number of fused-ring (bicyclic) bond motifs is 1. The molecule has 6 rings (SSSR count). The van der Waals surface area contributed by atoms with Crippen LogP contribution in [-0.4, -0.2) is 73.6 Å². The zero-order valence-electron chi connectivity index (χ0n) is 22.1. The number of piperidine rings is 1. The van der Waals surface area contributed by atoms with Gasteiger partial charge in [-0.15, -0.1) is 0 Å². The van der Waals surface area contributed by atoms with Crippen LogP contribution in [0, 0.1) is 5.92 Å². The standard InChI is InChI=1S/C29H38N2O7/c1-16(25(34)30-28(26(35)36)10-4-3-5-11-28)22(33)24-29-12-13-31(15-17-6-7-17)20(27(29,2)37)14-18-8-9-19(32)23(38-24)21(18)29/h8-9,17,20,24,32-33,37H,3-7,10-15H2,1-2H3,(H,30,34)(H,35,36)/b22-16-/t20-,24+,27-,29+/m1/s1. The molecule has 206 valence electrons. The number of carboxylic acid groups (broad SMARTS) is 1. The molecule has 2 heterocycles. The van der Waals surface area contributed by atoms with Crippen LogP contribution in [0.4, 0.5) is 0 Å². The van der Waals surface area contributed by atoms with E-state index in [4.69, 9.17) is 4.74 Å². The molecule has 2 aliphatic heterocycles. The number of hydrogen-bond acceptors (Lipinski definition) is 7. The zero-order valence-corrected chi connectivity index (χ0v) is 22.1. The average molecular weight is 527 g/mol. The van der Waals surface area contributed by atoms with E-state index in [1.54, 1.807) is 13.0 Å². The molecule has 38 heavy (non-hydrogen) atoms. The summed E-state index contributed by atoms with van der Waals surface area (Å²) in [7, 11) is 0. The quantitative estimate of drug-likeness (QED) is 0.282. The van der Waals surface area contributed by atoms with Gasteiger partial charge in [0.05, 0.1) is 16.6 Å². The van der Waals surface area contributed by atoms with Crippen LogP contribution in [0.2, 0.25) is 0 Å². The lowest BCUT2D eigenvalue weighted by molar-refractivity contribution is -0.153. The summed E-state index contributed by atoms with van der Waals surface area (Å²) in [5.41, 5.74) is -2.10. The summed E-state index contributed by atoms with van der Waals surface area (Å²) in [6.45, 7) is 4.87. The zero-order chi connectivity index (χ0) is 27.0. The first-order valence-electron chi connectivity index (χ1n) is 14.0. The van der Waals surface area contributed by atoms with E-state index >= 15 is 0 Å². The van der Waals surface area contributed by atoms with Crippen LogP contribution in [0.1, 0.15) is 76.3 Å². The highest BCUT2D eigenvalue weighted by atomic mass is 16.5. The lowest BCUT2D eigenvalue weighted by Gasteiger charge is -2.59. The highest BCUT2D eigenvalue weighted by Gasteiger charge is 2.69. The number of carbonyl (C=O) groups excluding carboxylic acids is 1.